The maximum absolute atomic E-state index is 13.5. The standard InChI is InChI=1S/C21H19Cl2N3O2/c1-3-19-16-9-10-25(13-5-4-6-15(11-13)28-2)21(27)20(16)26(24-19)14-7-8-17(22)18(23)12-14/h4-8,11-12H,3,9-10H2,1-2H3. The van der Waals surface area contributed by atoms with Gasteiger partial charge in [-0.15, -0.1) is 0 Å². The van der Waals surface area contributed by atoms with Crippen LogP contribution in [0.4, 0.5) is 5.69 Å². The molecule has 4 rings (SSSR count). The number of hydrogen-bond acceptors (Lipinski definition) is 3. The van der Waals surface area contributed by atoms with Crippen LogP contribution < -0.4 is 9.64 Å². The number of aromatic nitrogens is 2. The Labute approximate surface area is 173 Å². The molecule has 28 heavy (non-hydrogen) atoms. The summed E-state index contributed by atoms with van der Waals surface area (Å²) in [6, 6.07) is 12.8. The van der Waals surface area contributed by atoms with Crippen LogP contribution in [0.5, 0.6) is 5.75 Å². The number of amides is 1. The normalized spacial score (nSPS) is 13.6. The average molecular weight is 416 g/mol. The molecule has 0 bridgehead atoms. The summed E-state index contributed by atoms with van der Waals surface area (Å²) in [7, 11) is 1.61. The quantitative estimate of drug-likeness (QED) is 0.605. The van der Waals surface area contributed by atoms with Gasteiger partial charge in [-0.05, 0) is 43.2 Å². The predicted molar refractivity (Wildman–Crippen MR) is 111 cm³/mol. The molecule has 0 atom stereocenters. The fourth-order valence-corrected chi connectivity index (χ4v) is 3.84. The smallest absolute Gasteiger partial charge is 0.277 e. The molecule has 1 aromatic heterocycles. The highest BCUT2D eigenvalue weighted by molar-refractivity contribution is 6.42. The summed E-state index contributed by atoms with van der Waals surface area (Å²) in [4.78, 5) is 15.2. The molecule has 2 aromatic carbocycles. The van der Waals surface area contributed by atoms with Crippen molar-refractivity contribution >= 4 is 34.8 Å². The first-order valence-electron chi connectivity index (χ1n) is 9.05. The van der Waals surface area contributed by atoms with E-state index < -0.39 is 0 Å². The highest BCUT2D eigenvalue weighted by Gasteiger charge is 2.32. The summed E-state index contributed by atoms with van der Waals surface area (Å²) >= 11 is 12.3. The van der Waals surface area contributed by atoms with Crippen LogP contribution >= 0.6 is 23.2 Å². The highest BCUT2D eigenvalue weighted by Crippen LogP contribution is 2.32. The number of anilines is 1. The van der Waals surface area contributed by atoms with Gasteiger partial charge in [-0.3, -0.25) is 4.79 Å². The topological polar surface area (TPSA) is 47.4 Å². The van der Waals surface area contributed by atoms with E-state index in [0.29, 0.717) is 33.7 Å². The minimum atomic E-state index is -0.0900. The van der Waals surface area contributed by atoms with E-state index in [1.54, 1.807) is 28.8 Å². The summed E-state index contributed by atoms with van der Waals surface area (Å²) in [5.41, 5.74) is 4.02. The molecule has 1 amide bonds. The lowest BCUT2D eigenvalue weighted by atomic mass is 10.0. The minimum absolute atomic E-state index is 0.0900. The molecule has 0 radical (unpaired) electrons. The van der Waals surface area contributed by atoms with Crippen LogP contribution in [0.25, 0.3) is 5.69 Å². The van der Waals surface area contributed by atoms with Gasteiger partial charge < -0.3 is 9.64 Å². The third kappa shape index (κ3) is 3.15. The van der Waals surface area contributed by atoms with Gasteiger partial charge in [0.15, 0.2) is 0 Å². The number of methoxy groups -OCH3 is 1. The van der Waals surface area contributed by atoms with Gasteiger partial charge in [0, 0.05) is 23.9 Å². The largest absolute Gasteiger partial charge is 0.497 e. The van der Waals surface area contributed by atoms with Gasteiger partial charge in [-0.2, -0.15) is 5.10 Å². The van der Waals surface area contributed by atoms with Crippen LogP contribution in [-0.4, -0.2) is 29.3 Å². The van der Waals surface area contributed by atoms with Gasteiger partial charge in [0.25, 0.3) is 5.91 Å². The summed E-state index contributed by atoms with van der Waals surface area (Å²) in [5.74, 6) is 0.621. The lowest BCUT2D eigenvalue weighted by molar-refractivity contribution is 0.0973. The molecule has 144 valence electrons. The number of fused-ring (bicyclic) bond motifs is 1. The second-order valence-electron chi connectivity index (χ2n) is 6.55. The lowest BCUT2D eigenvalue weighted by Gasteiger charge is -2.28. The number of benzene rings is 2. The Morgan fingerprint density at radius 1 is 1.11 bits per heavy atom. The monoisotopic (exact) mass is 415 g/mol. The third-order valence-electron chi connectivity index (χ3n) is 4.95. The molecule has 2 heterocycles. The molecule has 1 aliphatic heterocycles. The Morgan fingerprint density at radius 2 is 1.93 bits per heavy atom. The predicted octanol–water partition coefficient (Wildman–Crippen LogP) is 4.95. The zero-order chi connectivity index (χ0) is 19.8. The fourth-order valence-electron chi connectivity index (χ4n) is 3.54. The van der Waals surface area contributed by atoms with E-state index in [9.17, 15) is 4.79 Å². The summed E-state index contributed by atoms with van der Waals surface area (Å²) in [6.45, 7) is 2.64. The van der Waals surface area contributed by atoms with Crippen molar-refractivity contribution in [2.75, 3.05) is 18.6 Å². The van der Waals surface area contributed by atoms with Crippen molar-refractivity contribution in [2.24, 2.45) is 0 Å². The molecule has 0 saturated heterocycles. The third-order valence-corrected chi connectivity index (χ3v) is 5.69. The number of hydrogen-bond donors (Lipinski definition) is 0. The number of ether oxygens (including phenoxy) is 1. The van der Waals surface area contributed by atoms with Crippen molar-refractivity contribution in [1.29, 1.82) is 0 Å². The second-order valence-corrected chi connectivity index (χ2v) is 7.36. The zero-order valence-electron chi connectivity index (χ0n) is 15.6. The summed E-state index contributed by atoms with van der Waals surface area (Å²) in [5, 5.41) is 5.60. The summed E-state index contributed by atoms with van der Waals surface area (Å²) < 4.78 is 6.99. The molecule has 3 aromatic rings. The zero-order valence-corrected chi connectivity index (χ0v) is 17.1. The maximum Gasteiger partial charge on any atom is 0.277 e. The van der Waals surface area contributed by atoms with Gasteiger partial charge in [0.05, 0.1) is 28.5 Å². The number of carbonyl (C=O) groups excluding carboxylic acids is 1. The molecule has 7 heteroatoms. The van der Waals surface area contributed by atoms with Crippen LogP contribution in [0.3, 0.4) is 0 Å². The molecule has 0 unspecified atom stereocenters. The minimum Gasteiger partial charge on any atom is -0.497 e. The van der Waals surface area contributed by atoms with Crippen molar-refractivity contribution in [2.45, 2.75) is 19.8 Å². The maximum atomic E-state index is 13.5. The molecule has 0 N–H and O–H groups in total. The van der Waals surface area contributed by atoms with Crippen LogP contribution in [0.1, 0.15) is 28.7 Å². The van der Waals surface area contributed by atoms with Crippen molar-refractivity contribution in [3.8, 4) is 11.4 Å². The first kappa shape index (κ1) is 18.8. The molecule has 1 aliphatic rings. The van der Waals surface area contributed by atoms with E-state index in [4.69, 9.17) is 33.0 Å². The van der Waals surface area contributed by atoms with Crippen LogP contribution in [0.15, 0.2) is 42.5 Å². The van der Waals surface area contributed by atoms with Crippen molar-refractivity contribution < 1.29 is 9.53 Å². The Kier molecular flexibility index (Phi) is 5.04. The molecule has 5 nitrogen and oxygen atoms in total. The molecular formula is C21H19Cl2N3O2. The number of carbonyl (C=O) groups is 1. The van der Waals surface area contributed by atoms with E-state index in [0.717, 1.165) is 29.8 Å². The van der Waals surface area contributed by atoms with Crippen LogP contribution in [0, 0.1) is 0 Å². The first-order valence-corrected chi connectivity index (χ1v) is 9.81. The van der Waals surface area contributed by atoms with Gasteiger partial charge in [-0.25, -0.2) is 4.68 Å². The lowest BCUT2D eigenvalue weighted by Crippen LogP contribution is -2.38. The number of rotatable bonds is 4. The molecule has 0 saturated carbocycles. The van der Waals surface area contributed by atoms with E-state index in [-0.39, 0.29) is 5.91 Å². The summed E-state index contributed by atoms with van der Waals surface area (Å²) in [6.07, 6.45) is 1.49. The first-order chi connectivity index (χ1) is 13.5. The molecule has 0 fully saturated rings. The van der Waals surface area contributed by atoms with E-state index in [2.05, 4.69) is 0 Å². The van der Waals surface area contributed by atoms with Gasteiger partial charge in [0.1, 0.15) is 11.4 Å². The van der Waals surface area contributed by atoms with Gasteiger partial charge >= 0.3 is 0 Å². The highest BCUT2D eigenvalue weighted by atomic mass is 35.5. The number of aryl methyl sites for hydroxylation is 1. The number of halogens is 2. The van der Waals surface area contributed by atoms with E-state index in [1.165, 1.54) is 0 Å². The van der Waals surface area contributed by atoms with Crippen molar-refractivity contribution in [3.63, 3.8) is 0 Å². The molecule has 0 aliphatic carbocycles. The molecular weight excluding hydrogens is 397 g/mol. The Bertz CT molecular complexity index is 1060. The SMILES string of the molecule is CCc1nn(-c2ccc(Cl)c(Cl)c2)c2c1CCN(c1cccc(OC)c1)C2=O. The fraction of sp³-hybridized carbons (Fsp3) is 0.238. The van der Waals surface area contributed by atoms with Gasteiger partial charge in [-0.1, -0.05) is 36.2 Å². The van der Waals surface area contributed by atoms with Crippen LogP contribution in [-0.2, 0) is 12.8 Å². The second kappa shape index (κ2) is 7.49. The van der Waals surface area contributed by atoms with Gasteiger partial charge in [0.2, 0.25) is 0 Å². The molecule has 0 spiro atoms. The van der Waals surface area contributed by atoms with E-state index >= 15 is 0 Å². The number of nitrogens with zero attached hydrogens (tertiary/aromatic N) is 3. The average Bonchev–Trinajstić information content (AvgIpc) is 3.10. The Balaban J connectivity index is 1.82. The van der Waals surface area contributed by atoms with E-state index in [1.807, 2.05) is 37.3 Å². The van der Waals surface area contributed by atoms with Crippen molar-refractivity contribution in [1.82, 2.24) is 9.78 Å². The Morgan fingerprint density at radius 3 is 2.64 bits per heavy atom. The Hall–Kier alpha value is -2.50. The van der Waals surface area contributed by atoms with Crippen LogP contribution in [0.2, 0.25) is 10.0 Å². The van der Waals surface area contributed by atoms with Crippen molar-refractivity contribution in [3.05, 3.63) is 69.5 Å².